The molecule has 0 unspecified atom stereocenters. The monoisotopic (exact) mass is 328 g/mol. The van der Waals surface area contributed by atoms with E-state index in [1.807, 2.05) is 4.91 Å². The van der Waals surface area contributed by atoms with Crippen LogP contribution < -0.4 is 0 Å². The molecule has 0 saturated carbocycles. The van der Waals surface area contributed by atoms with Gasteiger partial charge in [0.2, 0.25) is 0 Å². The minimum absolute atomic E-state index is 1.13. The van der Waals surface area contributed by atoms with Crippen LogP contribution in [0.15, 0.2) is 0 Å². The van der Waals surface area contributed by atoms with E-state index < -0.39 is 36.8 Å². The van der Waals surface area contributed by atoms with Crippen LogP contribution in [0.3, 0.4) is 0 Å². The molecule has 1 aliphatic rings. The van der Waals surface area contributed by atoms with Gasteiger partial charge in [-0.15, -0.1) is 0 Å². The molecule has 48 valence electrons. The Morgan fingerprint density at radius 3 is 1.00 bits per heavy atom. The van der Waals surface area contributed by atoms with Crippen LogP contribution >= 0.6 is 0 Å². The molecule has 1 heterocycles. The van der Waals surface area contributed by atoms with Crippen LogP contribution in [0.2, 0.25) is 24.7 Å². The van der Waals surface area contributed by atoms with Crippen molar-refractivity contribution in [2.75, 3.05) is 0 Å². The molecule has 0 nitrogen and oxygen atoms in total. The fraction of sp³-hybridized carbons (Fsp3) is 1.00. The van der Waals surface area contributed by atoms with Crippen molar-refractivity contribution in [3.05, 3.63) is 0 Å². The molecule has 0 amide bonds. The third-order valence-electron chi connectivity index (χ3n) is 1.91. The van der Waals surface area contributed by atoms with E-state index in [1.54, 1.807) is 0 Å². The van der Waals surface area contributed by atoms with Gasteiger partial charge in [0.1, 0.15) is 0 Å². The van der Waals surface area contributed by atoms with Crippen LogP contribution in [0.4, 0.5) is 0 Å². The number of hydrogen-bond donors (Lipinski definition) is 0. The van der Waals surface area contributed by atoms with Crippen molar-refractivity contribution in [3.63, 3.8) is 0 Å². The summed E-state index contributed by atoms with van der Waals surface area (Å²) in [6.07, 6.45) is 0. The van der Waals surface area contributed by atoms with Crippen LogP contribution in [-0.4, -0.2) is 36.8 Å². The van der Waals surface area contributed by atoms with E-state index in [4.69, 9.17) is 0 Å². The molecule has 0 radical (unpaired) electrons. The van der Waals surface area contributed by atoms with E-state index >= 15 is 0 Å². The van der Waals surface area contributed by atoms with E-state index in [-0.39, 0.29) is 0 Å². The normalized spacial score (nSPS) is 31.5. The molecule has 1 rings (SSSR count). The van der Waals surface area contributed by atoms with Gasteiger partial charge in [-0.05, 0) is 0 Å². The van der Waals surface area contributed by atoms with Gasteiger partial charge >= 0.3 is 61.4 Å². The van der Waals surface area contributed by atoms with Crippen LogP contribution in [0, 0.1) is 0 Å². The van der Waals surface area contributed by atoms with E-state index in [9.17, 15) is 0 Å². The molecule has 8 heavy (non-hydrogen) atoms. The SMILES string of the molecule is [CH3][Sn]1([CH3])[CH2][Sn]([CH3])([CH3])[CH2]1. The first-order valence-electron chi connectivity index (χ1n) is 3.41. The average Bonchev–Trinajstić information content (AvgIpc) is 1.20. The molecule has 1 fully saturated rings. The Hall–Kier alpha value is 1.60. The van der Waals surface area contributed by atoms with Crippen molar-refractivity contribution < 1.29 is 0 Å². The van der Waals surface area contributed by atoms with E-state index in [2.05, 4.69) is 19.8 Å². The zero-order chi connectivity index (χ0) is 6.41. The van der Waals surface area contributed by atoms with Crippen LogP contribution in [0.25, 0.3) is 0 Å². The Morgan fingerprint density at radius 2 is 1.00 bits per heavy atom. The van der Waals surface area contributed by atoms with Crippen molar-refractivity contribution in [2.45, 2.75) is 24.7 Å². The molecular formula is C6H16Sn2. The summed E-state index contributed by atoms with van der Waals surface area (Å²) >= 11 is -2.26. The Balaban J connectivity index is 2.42. The molecule has 0 aliphatic carbocycles. The summed E-state index contributed by atoms with van der Waals surface area (Å²) in [5, 5.41) is 0. The molecule has 0 aromatic heterocycles. The van der Waals surface area contributed by atoms with E-state index in [0.29, 0.717) is 0 Å². The summed E-state index contributed by atoms with van der Waals surface area (Å²) < 4.78 is 3.65. The van der Waals surface area contributed by atoms with Crippen molar-refractivity contribution in [1.29, 1.82) is 0 Å². The summed E-state index contributed by atoms with van der Waals surface area (Å²) in [5.41, 5.74) is 0. The molecule has 0 atom stereocenters. The topological polar surface area (TPSA) is 0 Å². The van der Waals surface area contributed by atoms with E-state index in [1.165, 1.54) is 0 Å². The Labute approximate surface area is 60.8 Å². The summed E-state index contributed by atoms with van der Waals surface area (Å²) in [6.45, 7) is 0. The maximum atomic E-state index is 2.61. The van der Waals surface area contributed by atoms with Gasteiger partial charge in [0.05, 0.1) is 0 Å². The Kier molecular flexibility index (Phi) is 1.96. The van der Waals surface area contributed by atoms with Crippen LogP contribution in [0.5, 0.6) is 0 Å². The fourth-order valence-electron chi connectivity index (χ4n) is 2.54. The average molecular weight is 326 g/mol. The zero-order valence-electron chi connectivity index (χ0n) is 6.41. The third-order valence-corrected chi connectivity index (χ3v) is 86.1. The zero-order valence-corrected chi connectivity index (χ0v) is 12.1. The summed E-state index contributed by atoms with van der Waals surface area (Å²) in [7, 11) is 0. The molecule has 0 bridgehead atoms. The molecule has 1 aliphatic heterocycles. The van der Waals surface area contributed by atoms with Gasteiger partial charge in [0.25, 0.3) is 0 Å². The Morgan fingerprint density at radius 1 is 0.750 bits per heavy atom. The minimum atomic E-state index is -1.13. The second kappa shape index (κ2) is 2.04. The number of rotatable bonds is 0. The van der Waals surface area contributed by atoms with Gasteiger partial charge in [0.15, 0.2) is 0 Å². The van der Waals surface area contributed by atoms with Crippen molar-refractivity contribution in [2.24, 2.45) is 0 Å². The Bertz CT molecular complexity index is 83.1. The third kappa shape index (κ3) is 1.79. The van der Waals surface area contributed by atoms with Gasteiger partial charge < -0.3 is 0 Å². The maximum absolute atomic E-state index is 2.61. The predicted molar refractivity (Wildman–Crippen MR) is 44.6 cm³/mol. The summed E-state index contributed by atoms with van der Waals surface area (Å²) in [4.78, 5) is 10.4. The second-order valence-corrected chi connectivity index (χ2v) is 44.9. The first kappa shape index (κ1) is 7.70. The molecule has 0 spiro atoms. The molecular weight excluding hydrogens is 309 g/mol. The van der Waals surface area contributed by atoms with Gasteiger partial charge in [0, 0.05) is 0 Å². The van der Waals surface area contributed by atoms with Gasteiger partial charge in [-0.2, -0.15) is 0 Å². The van der Waals surface area contributed by atoms with Crippen molar-refractivity contribution >= 4 is 36.8 Å². The van der Waals surface area contributed by atoms with Crippen LogP contribution in [0.1, 0.15) is 0 Å². The first-order chi connectivity index (χ1) is 3.41. The molecule has 0 N–H and O–H groups in total. The molecule has 2 heteroatoms. The van der Waals surface area contributed by atoms with Crippen LogP contribution in [-0.2, 0) is 0 Å². The van der Waals surface area contributed by atoms with Crippen molar-refractivity contribution in [3.8, 4) is 0 Å². The second-order valence-electron chi connectivity index (χ2n) is 4.68. The van der Waals surface area contributed by atoms with Gasteiger partial charge in [-0.1, -0.05) is 0 Å². The summed E-state index contributed by atoms with van der Waals surface area (Å²) in [6, 6.07) is 0. The standard InChI is InChI=1S/4CH3.2CH2.2Sn/h4*1H3;2*1H2;;. The summed E-state index contributed by atoms with van der Waals surface area (Å²) in [5.74, 6) is 0. The fourth-order valence-corrected chi connectivity index (χ4v) is 114. The predicted octanol–water partition coefficient (Wildman–Crippen LogP) is 2.50. The van der Waals surface area contributed by atoms with E-state index in [0.717, 1.165) is 0 Å². The molecule has 0 aromatic carbocycles. The quantitative estimate of drug-likeness (QED) is 0.600. The van der Waals surface area contributed by atoms with Gasteiger partial charge in [-0.3, -0.25) is 0 Å². The van der Waals surface area contributed by atoms with Gasteiger partial charge in [-0.25, -0.2) is 0 Å². The molecule has 1 saturated heterocycles. The molecule has 0 aromatic rings. The van der Waals surface area contributed by atoms with Crippen molar-refractivity contribution in [1.82, 2.24) is 0 Å². The number of hydrogen-bond acceptors (Lipinski definition) is 0. The first-order valence-corrected chi connectivity index (χ1v) is 22.9.